The molecule has 0 radical (unpaired) electrons. The van der Waals surface area contributed by atoms with Crippen LogP contribution in [-0.2, 0) is 22.6 Å². The van der Waals surface area contributed by atoms with Gasteiger partial charge in [-0.25, -0.2) is 0 Å². The van der Waals surface area contributed by atoms with Gasteiger partial charge in [-0.3, -0.25) is 4.79 Å². The molecule has 0 N–H and O–H groups in total. The highest BCUT2D eigenvalue weighted by Crippen LogP contribution is 2.38. The molecule has 5 nitrogen and oxygen atoms in total. The van der Waals surface area contributed by atoms with Gasteiger partial charge in [0.2, 0.25) is 5.75 Å². The summed E-state index contributed by atoms with van der Waals surface area (Å²) in [7, 11) is 4.64. The molecular formula is C22H22O5. The molecule has 0 fully saturated rings. The molecule has 0 atom stereocenters. The van der Waals surface area contributed by atoms with Crippen molar-refractivity contribution >= 4 is 16.7 Å². The molecule has 0 heterocycles. The van der Waals surface area contributed by atoms with Gasteiger partial charge in [0, 0.05) is 0 Å². The van der Waals surface area contributed by atoms with Gasteiger partial charge in [-0.15, -0.1) is 0 Å². The van der Waals surface area contributed by atoms with Crippen LogP contribution in [-0.4, -0.2) is 27.3 Å². The monoisotopic (exact) mass is 366 g/mol. The molecule has 0 aliphatic heterocycles. The standard InChI is InChI=1S/C22H22O5/c1-24-19-11-15(12-20(25-2)22(19)26-3)14-27-21(23)13-17-9-6-8-16-7-4-5-10-18(16)17/h4-12H,13-14H2,1-3H3. The third-order valence-corrected chi connectivity index (χ3v) is 4.34. The smallest absolute Gasteiger partial charge is 0.310 e. The number of hydrogen-bond acceptors (Lipinski definition) is 5. The first-order chi connectivity index (χ1) is 13.2. The summed E-state index contributed by atoms with van der Waals surface area (Å²) in [5.41, 5.74) is 1.71. The van der Waals surface area contributed by atoms with Crippen molar-refractivity contribution in [3.63, 3.8) is 0 Å². The van der Waals surface area contributed by atoms with Crippen molar-refractivity contribution < 1.29 is 23.7 Å². The lowest BCUT2D eigenvalue weighted by atomic mass is 10.0. The van der Waals surface area contributed by atoms with Crippen LogP contribution in [0.4, 0.5) is 0 Å². The van der Waals surface area contributed by atoms with Crippen molar-refractivity contribution in [1.29, 1.82) is 0 Å². The molecule has 0 unspecified atom stereocenters. The second kappa shape index (κ2) is 8.45. The minimum absolute atomic E-state index is 0.125. The molecule has 3 aromatic rings. The number of benzene rings is 3. The molecule has 27 heavy (non-hydrogen) atoms. The molecule has 0 saturated heterocycles. The van der Waals surface area contributed by atoms with Crippen molar-refractivity contribution in [2.45, 2.75) is 13.0 Å². The predicted molar refractivity (Wildman–Crippen MR) is 104 cm³/mol. The summed E-state index contributed by atoms with van der Waals surface area (Å²) in [6.07, 6.45) is 0.214. The lowest BCUT2D eigenvalue weighted by Crippen LogP contribution is -2.08. The Morgan fingerprint density at radius 1 is 0.852 bits per heavy atom. The zero-order valence-electron chi connectivity index (χ0n) is 15.7. The molecule has 5 heteroatoms. The van der Waals surface area contributed by atoms with E-state index in [1.54, 1.807) is 33.5 Å². The predicted octanol–water partition coefficient (Wildman–Crippen LogP) is 4.15. The second-order valence-corrected chi connectivity index (χ2v) is 6.01. The first-order valence-corrected chi connectivity index (χ1v) is 8.57. The SMILES string of the molecule is COc1cc(COC(=O)Cc2cccc3ccccc23)cc(OC)c1OC. The summed E-state index contributed by atoms with van der Waals surface area (Å²) in [6.45, 7) is 0.125. The fraction of sp³-hybridized carbons (Fsp3) is 0.227. The summed E-state index contributed by atoms with van der Waals surface area (Å²) in [6, 6.07) is 17.4. The maximum absolute atomic E-state index is 12.4. The van der Waals surface area contributed by atoms with E-state index in [0.717, 1.165) is 21.9 Å². The third-order valence-electron chi connectivity index (χ3n) is 4.34. The highest BCUT2D eigenvalue weighted by atomic mass is 16.5. The lowest BCUT2D eigenvalue weighted by molar-refractivity contribution is -0.144. The molecule has 0 bridgehead atoms. The quantitative estimate of drug-likeness (QED) is 0.588. The van der Waals surface area contributed by atoms with Gasteiger partial charge in [0.1, 0.15) is 6.61 Å². The maximum Gasteiger partial charge on any atom is 0.310 e. The fourth-order valence-electron chi connectivity index (χ4n) is 3.04. The van der Waals surface area contributed by atoms with Gasteiger partial charge in [0.15, 0.2) is 11.5 Å². The van der Waals surface area contributed by atoms with Gasteiger partial charge >= 0.3 is 5.97 Å². The topological polar surface area (TPSA) is 54.0 Å². The van der Waals surface area contributed by atoms with Crippen LogP contribution in [0.3, 0.4) is 0 Å². The fourth-order valence-corrected chi connectivity index (χ4v) is 3.04. The average Bonchev–Trinajstić information content (AvgIpc) is 2.71. The molecule has 0 aliphatic carbocycles. The van der Waals surface area contributed by atoms with Crippen LogP contribution in [0.1, 0.15) is 11.1 Å². The summed E-state index contributed by atoms with van der Waals surface area (Å²) >= 11 is 0. The Hall–Kier alpha value is -3.21. The Balaban J connectivity index is 1.72. The number of hydrogen-bond donors (Lipinski definition) is 0. The van der Waals surface area contributed by atoms with E-state index in [1.165, 1.54) is 0 Å². The van der Waals surface area contributed by atoms with Crippen molar-refractivity contribution in [3.05, 3.63) is 65.7 Å². The van der Waals surface area contributed by atoms with E-state index < -0.39 is 0 Å². The van der Waals surface area contributed by atoms with E-state index in [1.807, 2.05) is 42.5 Å². The molecule has 0 aliphatic rings. The zero-order chi connectivity index (χ0) is 19.2. The van der Waals surface area contributed by atoms with E-state index in [9.17, 15) is 4.79 Å². The largest absolute Gasteiger partial charge is 0.493 e. The van der Waals surface area contributed by atoms with E-state index in [2.05, 4.69) is 0 Å². The van der Waals surface area contributed by atoms with Gasteiger partial charge < -0.3 is 18.9 Å². The van der Waals surface area contributed by atoms with Crippen LogP contribution in [0.25, 0.3) is 10.8 Å². The summed E-state index contributed by atoms with van der Waals surface area (Å²) in [5.74, 6) is 1.26. The third kappa shape index (κ3) is 4.14. The van der Waals surface area contributed by atoms with Crippen molar-refractivity contribution in [2.24, 2.45) is 0 Å². The average molecular weight is 366 g/mol. The second-order valence-electron chi connectivity index (χ2n) is 6.01. The van der Waals surface area contributed by atoms with Gasteiger partial charge in [-0.2, -0.15) is 0 Å². The number of carbonyl (C=O) groups excluding carboxylic acids is 1. The Kier molecular flexibility index (Phi) is 5.81. The number of carbonyl (C=O) groups is 1. The van der Waals surface area contributed by atoms with Crippen LogP contribution in [0, 0.1) is 0 Å². The number of fused-ring (bicyclic) bond motifs is 1. The molecule has 0 saturated carbocycles. The summed E-state index contributed by atoms with van der Waals surface area (Å²) in [4.78, 5) is 12.4. The van der Waals surface area contributed by atoms with E-state index in [-0.39, 0.29) is 19.0 Å². The number of esters is 1. The molecule has 0 amide bonds. The molecule has 0 aromatic heterocycles. The summed E-state index contributed by atoms with van der Waals surface area (Å²) in [5, 5.41) is 2.16. The maximum atomic E-state index is 12.4. The van der Waals surface area contributed by atoms with Gasteiger partial charge in [0.05, 0.1) is 27.8 Å². The Bertz CT molecular complexity index is 918. The highest BCUT2D eigenvalue weighted by Gasteiger charge is 2.14. The van der Waals surface area contributed by atoms with Crippen LogP contribution >= 0.6 is 0 Å². The first kappa shape index (κ1) is 18.6. The van der Waals surface area contributed by atoms with E-state index in [4.69, 9.17) is 18.9 Å². The van der Waals surface area contributed by atoms with Crippen molar-refractivity contribution in [2.75, 3.05) is 21.3 Å². The lowest BCUT2D eigenvalue weighted by Gasteiger charge is -2.14. The van der Waals surface area contributed by atoms with Crippen LogP contribution in [0.5, 0.6) is 17.2 Å². The van der Waals surface area contributed by atoms with Gasteiger partial charge in [-0.1, -0.05) is 42.5 Å². The van der Waals surface area contributed by atoms with Crippen LogP contribution < -0.4 is 14.2 Å². The van der Waals surface area contributed by atoms with Crippen molar-refractivity contribution in [1.82, 2.24) is 0 Å². The molecule has 3 aromatic carbocycles. The number of methoxy groups -OCH3 is 3. The van der Waals surface area contributed by atoms with E-state index in [0.29, 0.717) is 17.2 Å². The molecular weight excluding hydrogens is 344 g/mol. The Morgan fingerprint density at radius 3 is 2.19 bits per heavy atom. The summed E-state index contributed by atoms with van der Waals surface area (Å²) < 4.78 is 21.4. The van der Waals surface area contributed by atoms with E-state index >= 15 is 0 Å². The Morgan fingerprint density at radius 2 is 1.52 bits per heavy atom. The van der Waals surface area contributed by atoms with Gasteiger partial charge in [-0.05, 0) is 34.0 Å². The van der Waals surface area contributed by atoms with Crippen LogP contribution in [0.15, 0.2) is 54.6 Å². The normalized spacial score (nSPS) is 10.5. The highest BCUT2D eigenvalue weighted by molar-refractivity contribution is 5.88. The molecule has 3 rings (SSSR count). The number of ether oxygens (including phenoxy) is 4. The van der Waals surface area contributed by atoms with Gasteiger partial charge in [0.25, 0.3) is 0 Å². The minimum Gasteiger partial charge on any atom is -0.493 e. The van der Waals surface area contributed by atoms with Crippen molar-refractivity contribution in [3.8, 4) is 17.2 Å². The zero-order valence-corrected chi connectivity index (χ0v) is 15.7. The molecule has 0 spiro atoms. The molecule has 140 valence electrons. The minimum atomic E-state index is -0.292. The number of rotatable bonds is 7. The Labute approximate surface area is 158 Å². The first-order valence-electron chi connectivity index (χ1n) is 8.57. The van der Waals surface area contributed by atoms with Crippen LogP contribution in [0.2, 0.25) is 0 Å².